The van der Waals surface area contributed by atoms with Crippen LogP contribution in [0.2, 0.25) is 0 Å². The Morgan fingerprint density at radius 1 is 1.06 bits per heavy atom. The van der Waals surface area contributed by atoms with Gasteiger partial charge in [0.05, 0.1) is 23.9 Å². The maximum Gasteiger partial charge on any atom is 0.413 e. The fourth-order valence-corrected chi connectivity index (χ4v) is 6.18. The Kier molecular flexibility index (Phi) is 6.53. The minimum Gasteiger partial charge on any atom is -0.481 e. The molecule has 0 fully saturated rings. The number of aliphatic carboxylic acids is 1. The lowest BCUT2D eigenvalue weighted by atomic mass is 10.1. The highest BCUT2D eigenvalue weighted by Crippen LogP contribution is 2.43. The lowest BCUT2D eigenvalue weighted by Crippen LogP contribution is -2.18. The SMILES string of the molecule is C[C@@H](OC(=O)Nc1c(-c2cc3sc(-c4ccc(CC(=O)O)nc4)cc3s2)cnn1C)c1ccccc1. The predicted molar refractivity (Wildman–Crippen MR) is 141 cm³/mol. The van der Waals surface area contributed by atoms with Crippen molar-refractivity contribution in [2.45, 2.75) is 19.4 Å². The molecule has 5 aromatic rings. The molecule has 182 valence electrons. The number of hydrogen-bond donors (Lipinski definition) is 2. The standard InChI is InChI=1S/C26H22N4O4S2/c1-15(16-6-4-3-5-7-16)34-26(33)29-25-19(14-28-30(25)2)21-12-23-22(36-21)11-20(35-23)17-8-9-18(27-13-17)10-24(31)32/h3-9,11-15H,10H2,1-2H3,(H,29,33)(H,31,32)/t15-/m1/s1. The van der Waals surface area contributed by atoms with Crippen molar-refractivity contribution in [2.75, 3.05) is 5.32 Å². The van der Waals surface area contributed by atoms with Gasteiger partial charge in [-0.2, -0.15) is 5.10 Å². The monoisotopic (exact) mass is 518 g/mol. The topological polar surface area (TPSA) is 106 Å². The molecule has 4 aromatic heterocycles. The summed E-state index contributed by atoms with van der Waals surface area (Å²) in [5.41, 5.74) is 3.20. The summed E-state index contributed by atoms with van der Waals surface area (Å²) in [4.78, 5) is 29.8. The number of benzene rings is 1. The summed E-state index contributed by atoms with van der Waals surface area (Å²) in [6.07, 6.45) is 2.41. The molecule has 0 aliphatic carbocycles. The second-order valence-corrected chi connectivity index (χ2v) is 10.3. The number of aryl methyl sites for hydroxylation is 1. The van der Waals surface area contributed by atoms with Gasteiger partial charge in [0, 0.05) is 38.0 Å². The molecule has 0 bridgehead atoms. The van der Waals surface area contributed by atoms with E-state index in [4.69, 9.17) is 9.84 Å². The van der Waals surface area contributed by atoms with Crippen LogP contribution in [0, 0.1) is 0 Å². The second kappa shape index (κ2) is 9.92. The fraction of sp³-hybridized carbons (Fsp3) is 0.154. The van der Waals surface area contributed by atoms with Crippen molar-refractivity contribution in [3.63, 3.8) is 0 Å². The van der Waals surface area contributed by atoms with E-state index in [1.54, 1.807) is 52.9 Å². The van der Waals surface area contributed by atoms with Gasteiger partial charge in [0.15, 0.2) is 0 Å². The normalized spacial score (nSPS) is 11.9. The number of aromatic nitrogens is 3. The van der Waals surface area contributed by atoms with Crippen LogP contribution in [0.5, 0.6) is 0 Å². The van der Waals surface area contributed by atoms with Crippen LogP contribution in [0.1, 0.15) is 24.3 Å². The number of carbonyl (C=O) groups is 2. The van der Waals surface area contributed by atoms with E-state index in [0.29, 0.717) is 11.5 Å². The molecule has 0 saturated heterocycles. The second-order valence-electron chi connectivity index (χ2n) is 8.17. The average molecular weight is 519 g/mol. The summed E-state index contributed by atoms with van der Waals surface area (Å²) in [5.74, 6) is -0.338. The summed E-state index contributed by atoms with van der Waals surface area (Å²) in [5, 5.41) is 16.1. The first-order chi connectivity index (χ1) is 17.4. The van der Waals surface area contributed by atoms with Crippen LogP contribution in [-0.2, 0) is 23.0 Å². The number of fused-ring (bicyclic) bond motifs is 1. The van der Waals surface area contributed by atoms with Crippen molar-refractivity contribution in [3.05, 3.63) is 78.2 Å². The minimum absolute atomic E-state index is 0.0939. The summed E-state index contributed by atoms with van der Waals surface area (Å²) in [6.45, 7) is 1.83. The van der Waals surface area contributed by atoms with Crippen molar-refractivity contribution < 1.29 is 19.4 Å². The van der Waals surface area contributed by atoms with Crippen LogP contribution in [-0.4, -0.2) is 31.9 Å². The molecule has 1 amide bonds. The van der Waals surface area contributed by atoms with Gasteiger partial charge < -0.3 is 9.84 Å². The van der Waals surface area contributed by atoms with Crippen LogP contribution in [0.3, 0.4) is 0 Å². The lowest BCUT2D eigenvalue weighted by molar-refractivity contribution is -0.136. The smallest absolute Gasteiger partial charge is 0.413 e. The first-order valence-electron chi connectivity index (χ1n) is 11.1. The highest BCUT2D eigenvalue weighted by Gasteiger charge is 2.19. The van der Waals surface area contributed by atoms with Gasteiger partial charge in [-0.3, -0.25) is 19.8 Å². The Balaban J connectivity index is 1.33. The largest absolute Gasteiger partial charge is 0.481 e. The summed E-state index contributed by atoms with van der Waals surface area (Å²) >= 11 is 3.24. The first-order valence-corrected chi connectivity index (χ1v) is 12.8. The van der Waals surface area contributed by atoms with E-state index in [2.05, 4.69) is 27.5 Å². The summed E-state index contributed by atoms with van der Waals surface area (Å²) in [6, 6.07) is 17.4. The number of carboxylic acid groups (broad SMARTS) is 1. The third-order valence-electron chi connectivity index (χ3n) is 5.63. The quantitative estimate of drug-likeness (QED) is 0.260. The van der Waals surface area contributed by atoms with Crippen molar-refractivity contribution in [2.24, 2.45) is 7.05 Å². The Labute approximate surface area is 214 Å². The molecular weight excluding hydrogens is 496 g/mol. The summed E-state index contributed by atoms with van der Waals surface area (Å²) in [7, 11) is 1.77. The maximum absolute atomic E-state index is 12.6. The first kappa shape index (κ1) is 23.7. The third-order valence-corrected chi connectivity index (χ3v) is 8.00. The number of nitrogens with one attached hydrogen (secondary N) is 1. The van der Waals surface area contributed by atoms with E-state index < -0.39 is 12.1 Å². The number of carbonyl (C=O) groups excluding carboxylic acids is 1. The number of amides is 1. The maximum atomic E-state index is 12.6. The Hall–Kier alpha value is -4.02. The zero-order chi connectivity index (χ0) is 25.2. The molecule has 1 aromatic carbocycles. The van der Waals surface area contributed by atoms with Crippen LogP contribution >= 0.6 is 22.7 Å². The third kappa shape index (κ3) is 5.00. The van der Waals surface area contributed by atoms with Crippen LogP contribution in [0.25, 0.3) is 30.3 Å². The molecule has 0 aliphatic rings. The molecule has 10 heteroatoms. The molecule has 5 rings (SSSR count). The number of rotatable bonds is 7. The van der Waals surface area contributed by atoms with Gasteiger partial charge in [0.1, 0.15) is 11.9 Å². The number of anilines is 1. The van der Waals surface area contributed by atoms with Gasteiger partial charge in [-0.15, -0.1) is 22.7 Å². The van der Waals surface area contributed by atoms with Crippen LogP contribution in [0.4, 0.5) is 10.6 Å². The highest BCUT2D eigenvalue weighted by atomic mass is 32.1. The summed E-state index contributed by atoms with van der Waals surface area (Å²) < 4.78 is 9.40. The molecule has 0 aliphatic heterocycles. The molecule has 2 N–H and O–H groups in total. The van der Waals surface area contributed by atoms with Crippen molar-refractivity contribution in [1.82, 2.24) is 14.8 Å². The van der Waals surface area contributed by atoms with Gasteiger partial charge in [0.25, 0.3) is 0 Å². The van der Waals surface area contributed by atoms with Crippen molar-refractivity contribution >= 4 is 50.0 Å². The van der Waals surface area contributed by atoms with Gasteiger partial charge in [-0.25, -0.2) is 4.79 Å². The number of thiophene rings is 2. The lowest BCUT2D eigenvalue weighted by Gasteiger charge is -2.14. The minimum atomic E-state index is -0.900. The molecule has 0 spiro atoms. The zero-order valence-electron chi connectivity index (χ0n) is 19.5. The van der Waals surface area contributed by atoms with Gasteiger partial charge in [-0.05, 0) is 30.7 Å². The molecule has 0 unspecified atom stereocenters. The van der Waals surface area contributed by atoms with E-state index in [1.165, 1.54) is 0 Å². The molecule has 4 heterocycles. The van der Waals surface area contributed by atoms with E-state index >= 15 is 0 Å². The number of pyridine rings is 1. The number of nitrogens with zero attached hydrogens (tertiary/aromatic N) is 3. The number of carboxylic acids is 1. The van der Waals surface area contributed by atoms with E-state index in [1.807, 2.05) is 43.3 Å². The van der Waals surface area contributed by atoms with E-state index in [9.17, 15) is 9.59 Å². The Bertz CT molecular complexity index is 1510. The predicted octanol–water partition coefficient (Wildman–Crippen LogP) is 6.36. The fourth-order valence-electron chi connectivity index (χ4n) is 3.79. The highest BCUT2D eigenvalue weighted by molar-refractivity contribution is 7.31. The molecule has 0 saturated carbocycles. The average Bonchev–Trinajstić information content (AvgIpc) is 3.53. The number of ether oxygens (including phenoxy) is 1. The number of hydrogen-bond acceptors (Lipinski definition) is 7. The molecule has 8 nitrogen and oxygen atoms in total. The Morgan fingerprint density at radius 3 is 2.47 bits per heavy atom. The van der Waals surface area contributed by atoms with Crippen LogP contribution in [0.15, 0.2) is 67.0 Å². The Morgan fingerprint density at radius 2 is 1.78 bits per heavy atom. The molecular formula is C26H22N4O4S2. The van der Waals surface area contributed by atoms with Crippen molar-refractivity contribution in [3.8, 4) is 20.9 Å². The van der Waals surface area contributed by atoms with Gasteiger partial charge in [-0.1, -0.05) is 36.4 Å². The van der Waals surface area contributed by atoms with E-state index in [-0.39, 0.29) is 12.5 Å². The molecule has 0 radical (unpaired) electrons. The molecule has 36 heavy (non-hydrogen) atoms. The van der Waals surface area contributed by atoms with Crippen LogP contribution < -0.4 is 5.32 Å². The van der Waals surface area contributed by atoms with Gasteiger partial charge >= 0.3 is 12.1 Å². The van der Waals surface area contributed by atoms with Gasteiger partial charge in [0.2, 0.25) is 0 Å². The zero-order valence-corrected chi connectivity index (χ0v) is 21.1. The molecule has 1 atom stereocenters. The van der Waals surface area contributed by atoms with Crippen molar-refractivity contribution in [1.29, 1.82) is 0 Å². The van der Waals surface area contributed by atoms with E-state index in [0.717, 1.165) is 35.8 Å².